The Kier molecular flexibility index (Phi) is 31.0. The molecular weight excluding hydrogens is 480 g/mol. The van der Waals surface area contributed by atoms with Crippen LogP contribution >= 0.6 is 0 Å². The fourth-order valence-corrected chi connectivity index (χ4v) is 5.87. The summed E-state index contributed by atoms with van der Waals surface area (Å²) in [5.74, 6) is -0.886. The number of carbonyl (C=O) groups is 2. The van der Waals surface area contributed by atoms with Crippen molar-refractivity contribution in [3.63, 3.8) is 0 Å². The molecule has 0 rings (SSSR count). The quantitative estimate of drug-likeness (QED) is 0.0826. The van der Waals surface area contributed by atoms with E-state index in [0.717, 1.165) is 32.1 Å². The van der Waals surface area contributed by atoms with Gasteiger partial charge in [-0.3, -0.25) is 9.59 Å². The Morgan fingerprint density at radius 1 is 0.436 bits per heavy atom. The van der Waals surface area contributed by atoms with Crippen LogP contribution in [0.5, 0.6) is 0 Å². The summed E-state index contributed by atoms with van der Waals surface area (Å²) in [7, 11) is 0. The molecule has 0 aromatic rings. The van der Waals surface area contributed by atoms with Gasteiger partial charge in [0.2, 0.25) is 0 Å². The Bertz CT molecular complexity index is 515. The molecule has 0 saturated heterocycles. The second kappa shape index (κ2) is 31.7. The van der Waals surface area contributed by atoms with Gasteiger partial charge in [0, 0.05) is 12.3 Å². The molecule has 0 aliphatic rings. The van der Waals surface area contributed by atoms with Crippen LogP contribution in [0.1, 0.15) is 213 Å². The number of aliphatic carboxylic acids is 1. The van der Waals surface area contributed by atoms with Crippen molar-refractivity contribution < 1.29 is 14.7 Å². The predicted octanol–water partition coefficient (Wildman–Crippen LogP) is 12.4. The van der Waals surface area contributed by atoms with Crippen LogP contribution in [0, 0.1) is 5.92 Å². The van der Waals surface area contributed by atoms with E-state index in [-0.39, 0.29) is 18.1 Å². The minimum Gasteiger partial charge on any atom is -0.481 e. The van der Waals surface area contributed by atoms with Crippen LogP contribution in [-0.2, 0) is 9.59 Å². The summed E-state index contributed by atoms with van der Waals surface area (Å²) < 4.78 is 0. The number of rotatable bonds is 33. The maximum absolute atomic E-state index is 12.6. The molecule has 0 radical (unpaired) electrons. The first-order valence-corrected chi connectivity index (χ1v) is 17.9. The number of Topliss-reactive ketones (excluding diaryl/α,β-unsaturated/α-hetero) is 1. The van der Waals surface area contributed by atoms with E-state index in [2.05, 4.69) is 13.8 Å². The summed E-state index contributed by atoms with van der Waals surface area (Å²) in [6, 6.07) is 0. The summed E-state index contributed by atoms with van der Waals surface area (Å²) in [4.78, 5) is 23.9. The van der Waals surface area contributed by atoms with Crippen molar-refractivity contribution in [3.05, 3.63) is 0 Å². The lowest BCUT2D eigenvalue weighted by Gasteiger charge is -2.14. The normalized spacial score (nSPS) is 12.2. The second-order valence-electron chi connectivity index (χ2n) is 12.5. The first kappa shape index (κ1) is 38.1. The Hall–Kier alpha value is -0.860. The molecule has 0 spiro atoms. The molecule has 0 aromatic heterocycles. The van der Waals surface area contributed by atoms with Gasteiger partial charge in [0.25, 0.3) is 0 Å². The molecule has 1 N–H and O–H groups in total. The van der Waals surface area contributed by atoms with Crippen molar-refractivity contribution in [2.75, 3.05) is 0 Å². The van der Waals surface area contributed by atoms with E-state index in [0.29, 0.717) is 6.42 Å². The van der Waals surface area contributed by atoms with Gasteiger partial charge in [-0.25, -0.2) is 0 Å². The van der Waals surface area contributed by atoms with Crippen LogP contribution in [0.15, 0.2) is 0 Å². The highest BCUT2D eigenvalue weighted by molar-refractivity contribution is 5.84. The second-order valence-corrected chi connectivity index (χ2v) is 12.5. The molecule has 0 aliphatic heterocycles. The van der Waals surface area contributed by atoms with Crippen LogP contribution in [0.2, 0.25) is 0 Å². The highest BCUT2D eigenvalue weighted by Gasteiger charge is 2.20. The third kappa shape index (κ3) is 29.9. The van der Waals surface area contributed by atoms with E-state index in [9.17, 15) is 14.7 Å². The third-order valence-corrected chi connectivity index (χ3v) is 8.56. The molecule has 1 atom stereocenters. The lowest BCUT2D eigenvalue weighted by atomic mass is 9.90. The zero-order chi connectivity index (χ0) is 28.7. The van der Waals surface area contributed by atoms with Gasteiger partial charge in [-0.15, -0.1) is 0 Å². The van der Waals surface area contributed by atoms with Crippen LogP contribution in [0.3, 0.4) is 0 Å². The Balaban J connectivity index is 3.57. The first-order chi connectivity index (χ1) is 19.1. The molecule has 0 heterocycles. The van der Waals surface area contributed by atoms with E-state index >= 15 is 0 Å². The van der Waals surface area contributed by atoms with Crippen molar-refractivity contribution in [3.8, 4) is 0 Å². The van der Waals surface area contributed by atoms with E-state index in [1.54, 1.807) is 0 Å². The maximum Gasteiger partial charge on any atom is 0.304 e. The van der Waals surface area contributed by atoms with Crippen molar-refractivity contribution in [2.45, 2.75) is 213 Å². The van der Waals surface area contributed by atoms with Crippen LogP contribution in [-0.4, -0.2) is 16.9 Å². The number of hydrogen-bond donors (Lipinski definition) is 1. The summed E-state index contributed by atoms with van der Waals surface area (Å²) >= 11 is 0. The molecule has 0 unspecified atom stereocenters. The lowest BCUT2D eigenvalue weighted by Crippen LogP contribution is -2.18. The Morgan fingerprint density at radius 3 is 1.03 bits per heavy atom. The zero-order valence-electron chi connectivity index (χ0n) is 26.8. The number of ketones is 1. The minimum atomic E-state index is -0.821. The topological polar surface area (TPSA) is 54.4 Å². The molecule has 0 amide bonds. The highest BCUT2D eigenvalue weighted by Crippen LogP contribution is 2.20. The lowest BCUT2D eigenvalue weighted by molar-refractivity contribution is -0.140. The molecule has 0 fully saturated rings. The van der Waals surface area contributed by atoms with Gasteiger partial charge in [0.05, 0.1) is 6.42 Å². The van der Waals surface area contributed by atoms with E-state index in [4.69, 9.17) is 0 Å². The van der Waals surface area contributed by atoms with E-state index < -0.39 is 5.97 Å². The largest absolute Gasteiger partial charge is 0.481 e. The molecule has 3 nitrogen and oxygen atoms in total. The summed E-state index contributed by atoms with van der Waals surface area (Å²) in [6.07, 6.45) is 38.3. The number of hydrogen-bond acceptors (Lipinski definition) is 2. The monoisotopic (exact) mass is 551 g/mol. The fourth-order valence-electron chi connectivity index (χ4n) is 5.87. The molecular formula is C36H70O3. The molecule has 232 valence electrons. The van der Waals surface area contributed by atoms with E-state index in [1.807, 2.05) is 0 Å². The molecule has 0 saturated carbocycles. The number of carbonyl (C=O) groups excluding carboxylic acids is 1. The predicted molar refractivity (Wildman–Crippen MR) is 171 cm³/mol. The van der Waals surface area contributed by atoms with Gasteiger partial charge < -0.3 is 5.11 Å². The smallest absolute Gasteiger partial charge is 0.304 e. The summed E-state index contributed by atoms with van der Waals surface area (Å²) in [6.45, 7) is 4.53. The Morgan fingerprint density at radius 2 is 0.718 bits per heavy atom. The average molecular weight is 551 g/mol. The third-order valence-electron chi connectivity index (χ3n) is 8.56. The Labute approximate surface area is 245 Å². The number of carboxylic acid groups (broad SMARTS) is 1. The van der Waals surface area contributed by atoms with Crippen molar-refractivity contribution in [1.82, 2.24) is 0 Å². The van der Waals surface area contributed by atoms with Crippen molar-refractivity contribution in [1.29, 1.82) is 0 Å². The van der Waals surface area contributed by atoms with Gasteiger partial charge >= 0.3 is 5.97 Å². The van der Waals surface area contributed by atoms with Gasteiger partial charge in [-0.05, 0) is 12.8 Å². The van der Waals surface area contributed by atoms with Crippen molar-refractivity contribution >= 4 is 11.8 Å². The van der Waals surface area contributed by atoms with Gasteiger partial charge in [0.15, 0.2) is 0 Å². The molecule has 39 heavy (non-hydrogen) atoms. The number of carboxylic acids is 1. The highest BCUT2D eigenvalue weighted by atomic mass is 16.4. The van der Waals surface area contributed by atoms with E-state index in [1.165, 1.54) is 154 Å². The van der Waals surface area contributed by atoms with Gasteiger partial charge in [-0.2, -0.15) is 0 Å². The van der Waals surface area contributed by atoms with Crippen LogP contribution in [0.25, 0.3) is 0 Å². The molecule has 3 heteroatoms. The SMILES string of the molecule is CCCCCCCCCCCCCCCCCCCCC[C@H](CC(=O)O)C(=O)CCCCCCCCCCC. The zero-order valence-corrected chi connectivity index (χ0v) is 26.8. The van der Waals surface area contributed by atoms with Gasteiger partial charge in [-0.1, -0.05) is 187 Å². The van der Waals surface area contributed by atoms with Gasteiger partial charge in [0.1, 0.15) is 5.78 Å². The minimum absolute atomic E-state index is 0.0231. The van der Waals surface area contributed by atoms with Crippen molar-refractivity contribution in [2.24, 2.45) is 5.92 Å². The average Bonchev–Trinajstić information content (AvgIpc) is 2.92. The molecule has 0 aliphatic carbocycles. The first-order valence-electron chi connectivity index (χ1n) is 17.9. The van der Waals surface area contributed by atoms with Crippen LogP contribution < -0.4 is 0 Å². The van der Waals surface area contributed by atoms with Crippen LogP contribution in [0.4, 0.5) is 0 Å². The summed E-state index contributed by atoms with van der Waals surface area (Å²) in [5, 5.41) is 9.27. The number of unbranched alkanes of at least 4 members (excludes halogenated alkanes) is 26. The summed E-state index contributed by atoms with van der Waals surface area (Å²) in [5.41, 5.74) is 0. The maximum atomic E-state index is 12.6. The standard InChI is InChI=1S/C36H70O3/c1-3-5-7-9-11-13-14-15-16-17-18-19-20-21-22-24-25-27-29-31-34(33-36(38)39)35(37)32-30-28-26-23-12-10-8-6-4-2/h34H,3-33H2,1-2H3,(H,38,39)/t34-/m1/s1. The molecule has 0 aromatic carbocycles. The molecule has 0 bridgehead atoms. The fraction of sp³-hybridized carbons (Fsp3) is 0.944.